The Balaban J connectivity index is 2.12. The van der Waals surface area contributed by atoms with Crippen molar-refractivity contribution in [3.05, 3.63) is 40.1 Å². The molecule has 0 aliphatic carbocycles. The molecule has 0 unspecified atom stereocenters. The zero-order valence-corrected chi connectivity index (χ0v) is 14.0. The van der Waals surface area contributed by atoms with Crippen LogP contribution < -0.4 is 4.74 Å². The number of nitrogens with zero attached hydrogens (tertiary/aromatic N) is 2. The highest BCUT2D eigenvalue weighted by molar-refractivity contribution is 9.10. The van der Waals surface area contributed by atoms with Gasteiger partial charge in [0.1, 0.15) is 12.4 Å². The Morgan fingerprint density at radius 3 is 2.40 bits per heavy atom. The summed E-state index contributed by atoms with van der Waals surface area (Å²) in [6.07, 6.45) is 0. The second-order valence-corrected chi connectivity index (χ2v) is 7.53. The average Bonchev–Trinajstić information content (AvgIpc) is 2.61. The minimum absolute atomic E-state index is 0.0454. The molecule has 2 aromatic rings. The van der Waals surface area contributed by atoms with Crippen LogP contribution in [-0.4, -0.2) is 18.2 Å². The van der Waals surface area contributed by atoms with E-state index in [9.17, 15) is 8.42 Å². The molecule has 0 aliphatic heterocycles. The normalized spacial score (nSPS) is 11.6. The second kappa shape index (κ2) is 5.75. The van der Waals surface area contributed by atoms with Crippen molar-refractivity contribution < 1.29 is 13.2 Å². The first-order valence-corrected chi connectivity index (χ1v) is 8.75. The lowest BCUT2D eigenvalue weighted by atomic mass is 10.3. The number of hydrogen-bond acceptors (Lipinski definition) is 4. The Labute approximate surface area is 130 Å². The quantitative estimate of drug-likeness (QED) is 0.766. The van der Waals surface area contributed by atoms with Gasteiger partial charge in [0.05, 0.1) is 20.8 Å². The van der Waals surface area contributed by atoms with Gasteiger partial charge in [-0.25, -0.2) is 8.42 Å². The number of ether oxygens (including phenoxy) is 1. The van der Waals surface area contributed by atoms with Gasteiger partial charge in [-0.05, 0) is 47.1 Å². The van der Waals surface area contributed by atoms with E-state index < -0.39 is 9.05 Å². The molecule has 0 bridgehead atoms. The maximum atomic E-state index is 11.1. The van der Waals surface area contributed by atoms with Crippen LogP contribution in [0.5, 0.6) is 5.75 Å². The van der Waals surface area contributed by atoms with Crippen molar-refractivity contribution in [1.82, 2.24) is 9.78 Å². The number of aromatic nitrogens is 2. The number of halogens is 2. The van der Waals surface area contributed by atoms with Gasteiger partial charge < -0.3 is 4.74 Å². The Kier molecular flexibility index (Phi) is 4.41. The molecule has 8 heteroatoms. The summed E-state index contributed by atoms with van der Waals surface area (Å²) in [4.78, 5) is 0.0454. The van der Waals surface area contributed by atoms with Crippen LogP contribution >= 0.6 is 26.6 Å². The third-order valence-corrected chi connectivity index (χ3v) is 5.14. The maximum absolute atomic E-state index is 11.1. The van der Waals surface area contributed by atoms with Crippen molar-refractivity contribution in [3.63, 3.8) is 0 Å². The molecule has 5 nitrogen and oxygen atoms in total. The zero-order valence-electron chi connectivity index (χ0n) is 10.8. The molecule has 0 amide bonds. The van der Waals surface area contributed by atoms with Crippen LogP contribution in [0.1, 0.15) is 11.4 Å². The Morgan fingerprint density at radius 2 is 1.95 bits per heavy atom. The number of aryl methyl sites for hydroxylation is 2. The molecule has 0 saturated heterocycles. The van der Waals surface area contributed by atoms with E-state index in [0.29, 0.717) is 12.4 Å². The standard InChI is InChI=1S/C12H12BrClN2O3S/c1-8-12(13)11(16(2)15-8)7-19-9-3-5-10(6-4-9)20(14,17)18/h3-6H,7H2,1-2H3. The van der Waals surface area contributed by atoms with Crippen LogP contribution in [-0.2, 0) is 22.7 Å². The molecule has 1 aromatic carbocycles. The van der Waals surface area contributed by atoms with Crippen LogP contribution in [0.2, 0.25) is 0 Å². The molecule has 0 atom stereocenters. The SMILES string of the molecule is Cc1nn(C)c(COc2ccc(S(=O)(=O)Cl)cc2)c1Br. The molecule has 2 rings (SSSR count). The van der Waals surface area contributed by atoms with Crippen LogP contribution in [0.4, 0.5) is 0 Å². The van der Waals surface area contributed by atoms with E-state index in [1.807, 2.05) is 14.0 Å². The zero-order chi connectivity index (χ0) is 14.9. The van der Waals surface area contributed by atoms with Crippen LogP contribution in [0, 0.1) is 6.92 Å². The predicted molar refractivity (Wildman–Crippen MR) is 79.5 cm³/mol. The molecule has 0 N–H and O–H groups in total. The Bertz CT molecular complexity index is 726. The summed E-state index contributed by atoms with van der Waals surface area (Å²) in [5.74, 6) is 0.555. The first-order valence-electron chi connectivity index (χ1n) is 5.64. The fraction of sp³-hybridized carbons (Fsp3) is 0.250. The molecule has 0 saturated carbocycles. The molecular formula is C12H12BrClN2O3S. The largest absolute Gasteiger partial charge is 0.487 e. The van der Waals surface area contributed by atoms with Gasteiger partial charge in [0.25, 0.3) is 9.05 Å². The summed E-state index contributed by atoms with van der Waals surface area (Å²) < 4.78 is 30.5. The third-order valence-electron chi connectivity index (χ3n) is 2.74. The molecule has 0 spiro atoms. The number of hydrogen-bond donors (Lipinski definition) is 0. The van der Waals surface area contributed by atoms with Crippen LogP contribution in [0.25, 0.3) is 0 Å². The van der Waals surface area contributed by atoms with Gasteiger partial charge in [0.15, 0.2) is 0 Å². The van der Waals surface area contributed by atoms with Gasteiger partial charge in [-0.15, -0.1) is 0 Å². The molecule has 20 heavy (non-hydrogen) atoms. The van der Waals surface area contributed by atoms with Crippen molar-refractivity contribution in [2.45, 2.75) is 18.4 Å². The molecule has 1 aromatic heterocycles. The molecule has 0 fully saturated rings. The van der Waals surface area contributed by atoms with Crippen LogP contribution in [0.3, 0.4) is 0 Å². The Morgan fingerprint density at radius 1 is 1.35 bits per heavy atom. The van der Waals surface area contributed by atoms with Gasteiger partial charge in [-0.2, -0.15) is 5.10 Å². The van der Waals surface area contributed by atoms with E-state index in [2.05, 4.69) is 21.0 Å². The van der Waals surface area contributed by atoms with Crippen molar-refractivity contribution in [2.75, 3.05) is 0 Å². The van der Waals surface area contributed by atoms with Gasteiger partial charge in [0.2, 0.25) is 0 Å². The average molecular weight is 380 g/mol. The summed E-state index contributed by atoms with van der Waals surface area (Å²) in [6, 6.07) is 5.93. The van der Waals surface area contributed by atoms with Crippen molar-refractivity contribution in [3.8, 4) is 5.75 Å². The van der Waals surface area contributed by atoms with Gasteiger partial charge in [-0.1, -0.05) is 0 Å². The summed E-state index contributed by atoms with van der Waals surface area (Å²) in [7, 11) is 3.37. The third kappa shape index (κ3) is 3.34. The van der Waals surface area contributed by atoms with E-state index in [4.69, 9.17) is 15.4 Å². The van der Waals surface area contributed by atoms with Crippen LogP contribution in [0.15, 0.2) is 33.6 Å². The van der Waals surface area contributed by atoms with E-state index >= 15 is 0 Å². The van der Waals surface area contributed by atoms with E-state index in [1.54, 1.807) is 16.8 Å². The van der Waals surface area contributed by atoms with Gasteiger partial charge in [0, 0.05) is 17.7 Å². The summed E-state index contributed by atoms with van der Waals surface area (Å²) in [5, 5.41) is 4.26. The number of benzene rings is 1. The summed E-state index contributed by atoms with van der Waals surface area (Å²) in [6.45, 7) is 2.22. The lowest BCUT2D eigenvalue weighted by molar-refractivity contribution is 0.294. The topological polar surface area (TPSA) is 61.2 Å². The van der Waals surface area contributed by atoms with E-state index in [-0.39, 0.29) is 4.90 Å². The highest BCUT2D eigenvalue weighted by atomic mass is 79.9. The number of rotatable bonds is 4. The first-order chi connectivity index (χ1) is 9.29. The molecule has 0 aliphatic rings. The first kappa shape index (κ1) is 15.3. The van der Waals surface area contributed by atoms with Gasteiger partial charge >= 0.3 is 0 Å². The van der Waals surface area contributed by atoms with E-state index in [0.717, 1.165) is 15.9 Å². The highest BCUT2D eigenvalue weighted by Crippen LogP contribution is 2.23. The maximum Gasteiger partial charge on any atom is 0.261 e. The molecule has 1 heterocycles. The van der Waals surface area contributed by atoms with E-state index in [1.165, 1.54) is 12.1 Å². The van der Waals surface area contributed by atoms with Crippen molar-refractivity contribution >= 4 is 35.7 Å². The lowest BCUT2D eigenvalue weighted by Gasteiger charge is -2.07. The minimum atomic E-state index is -3.70. The lowest BCUT2D eigenvalue weighted by Crippen LogP contribution is -2.03. The second-order valence-electron chi connectivity index (χ2n) is 4.17. The molecular weight excluding hydrogens is 368 g/mol. The fourth-order valence-corrected chi connectivity index (χ4v) is 2.91. The Hall–Kier alpha value is -1.05. The van der Waals surface area contributed by atoms with Gasteiger partial charge in [-0.3, -0.25) is 4.68 Å². The van der Waals surface area contributed by atoms with Crippen molar-refractivity contribution in [2.24, 2.45) is 7.05 Å². The molecule has 108 valence electrons. The molecule has 0 radical (unpaired) electrons. The fourth-order valence-electron chi connectivity index (χ4n) is 1.69. The minimum Gasteiger partial charge on any atom is -0.487 e. The summed E-state index contributed by atoms with van der Waals surface area (Å²) >= 11 is 3.45. The van der Waals surface area contributed by atoms with Crippen molar-refractivity contribution in [1.29, 1.82) is 0 Å². The summed E-state index contributed by atoms with van der Waals surface area (Å²) in [5.41, 5.74) is 1.78. The monoisotopic (exact) mass is 378 g/mol. The smallest absolute Gasteiger partial charge is 0.261 e. The highest BCUT2D eigenvalue weighted by Gasteiger charge is 2.12. The predicted octanol–water partition coefficient (Wildman–Crippen LogP) is 3.00.